The Hall–Kier alpha value is -1.40. The van der Waals surface area contributed by atoms with Crippen LogP contribution >= 0.6 is 11.3 Å². The fourth-order valence-corrected chi connectivity index (χ4v) is 2.59. The summed E-state index contributed by atoms with van der Waals surface area (Å²) in [5, 5.41) is 3.13. The second kappa shape index (κ2) is 5.29. The van der Waals surface area contributed by atoms with Gasteiger partial charge >= 0.3 is 0 Å². The normalized spacial score (nSPS) is 10.8. The number of nitrogens with two attached hydrogens (primary N) is 1. The van der Waals surface area contributed by atoms with E-state index in [0.29, 0.717) is 5.95 Å². The number of nitrogens with zero attached hydrogens (tertiary/aromatic N) is 3. The quantitative estimate of drug-likeness (QED) is 0.630. The first-order valence-corrected chi connectivity index (χ1v) is 6.64. The SMILES string of the molecule is CCCN(CC)c1nc(NN)nc2sccc12. The molecule has 2 heterocycles. The highest BCUT2D eigenvalue weighted by molar-refractivity contribution is 7.16. The fraction of sp³-hybridized carbons (Fsp3) is 0.455. The van der Waals surface area contributed by atoms with Gasteiger partial charge in [-0.15, -0.1) is 11.3 Å². The minimum absolute atomic E-state index is 0.476. The van der Waals surface area contributed by atoms with Gasteiger partial charge in [0.2, 0.25) is 5.95 Å². The van der Waals surface area contributed by atoms with Crippen molar-refractivity contribution in [1.82, 2.24) is 9.97 Å². The minimum atomic E-state index is 0.476. The molecule has 92 valence electrons. The molecule has 5 nitrogen and oxygen atoms in total. The van der Waals surface area contributed by atoms with Crippen molar-refractivity contribution in [3.63, 3.8) is 0 Å². The van der Waals surface area contributed by atoms with Crippen molar-refractivity contribution in [3.8, 4) is 0 Å². The van der Waals surface area contributed by atoms with Gasteiger partial charge in [-0.05, 0) is 24.8 Å². The van der Waals surface area contributed by atoms with Crippen LogP contribution in [0.5, 0.6) is 0 Å². The van der Waals surface area contributed by atoms with Gasteiger partial charge in [0.15, 0.2) is 0 Å². The van der Waals surface area contributed by atoms with Crippen molar-refractivity contribution < 1.29 is 0 Å². The Bertz CT molecular complexity index is 496. The summed E-state index contributed by atoms with van der Waals surface area (Å²) in [6.45, 7) is 6.21. The van der Waals surface area contributed by atoms with Crippen molar-refractivity contribution in [2.45, 2.75) is 20.3 Å². The molecule has 3 N–H and O–H groups in total. The summed E-state index contributed by atoms with van der Waals surface area (Å²) in [5.41, 5.74) is 2.53. The lowest BCUT2D eigenvalue weighted by molar-refractivity contribution is 0.781. The summed E-state index contributed by atoms with van der Waals surface area (Å²) in [6, 6.07) is 2.06. The number of hydrogen-bond acceptors (Lipinski definition) is 6. The third-order valence-corrected chi connectivity index (χ3v) is 3.42. The van der Waals surface area contributed by atoms with E-state index in [4.69, 9.17) is 5.84 Å². The second-order valence-corrected chi connectivity index (χ2v) is 4.63. The van der Waals surface area contributed by atoms with Gasteiger partial charge in [-0.25, -0.2) is 10.8 Å². The number of nitrogen functional groups attached to an aromatic ring is 1. The van der Waals surface area contributed by atoms with Gasteiger partial charge < -0.3 is 4.90 Å². The number of hydrogen-bond donors (Lipinski definition) is 2. The van der Waals surface area contributed by atoms with Crippen LogP contribution in [-0.4, -0.2) is 23.1 Å². The summed E-state index contributed by atoms with van der Waals surface area (Å²) in [5.74, 6) is 6.85. The molecule has 6 heteroatoms. The molecule has 0 fully saturated rings. The van der Waals surface area contributed by atoms with Crippen LogP contribution in [0.4, 0.5) is 11.8 Å². The van der Waals surface area contributed by atoms with Crippen LogP contribution in [0.2, 0.25) is 0 Å². The van der Waals surface area contributed by atoms with Crippen LogP contribution < -0.4 is 16.2 Å². The molecule has 0 aliphatic heterocycles. The Kier molecular flexibility index (Phi) is 3.75. The number of rotatable bonds is 5. The standard InChI is InChI=1S/C11H17N5S/c1-3-6-16(4-2)9-8-5-7-17-10(8)14-11(13-9)15-12/h5,7H,3-4,6,12H2,1-2H3,(H,13,14,15). The molecule has 0 amide bonds. The fourth-order valence-electron chi connectivity index (χ4n) is 1.83. The molecule has 2 aromatic heterocycles. The van der Waals surface area contributed by atoms with E-state index in [-0.39, 0.29) is 0 Å². The van der Waals surface area contributed by atoms with E-state index in [2.05, 4.69) is 40.2 Å². The summed E-state index contributed by atoms with van der Waals surface area (Å²) in [6.07, 6.45) is 1.09. The van der Waals surface area contributed by atoms with Gasteiger partial charge in [-0.1, -0.05) is 6.92 Å². The van der Waals surface area contributed by atoms with Gasteiger partial charge in [-0.3, -0.25) is 5.43 Å². The number of fused-ring (bicyclic) bond motifs is 1. The Morgan fingerprint density at radius 3 is 2.88 bits per heavy atom. The second-order valence-electron chi connectivity index (χ2n) is 3.73. The first kappa shape index (κ1) is 12.1. The first-order chi connectivity index (χ1) is 8.30. The number of aromatic nitrogens is 2. The number of thiophene rings is 1. The monoisotopic (exact) mass is 251 g/mol. The van der Waals surface area contributed by atoms with Crippen LogP contribution in [-0.2, 0) is 0 Å². The maximum absolute atomic E-state index is 5.41. The van der Waals surface area contributed by atoms with E-state index in [1.54, 1.807) is 11.3 Å². The Morgan fingerprint density at radius 1 is 1.41 bits per heavy atom. The Morgan fingerprint density at radius 2 is 2.24 bits per heavy atom. The van der Waals surface area contributed by atoms with E-state index in [0.717, 1.165) is 35.5 Å². The van der Waals surface area contributed by atoms with Gasteiger partial charge in [0.25, 0.3) is 0 Å². The summed E-state index contributed by atoms with van der Waals surface area (Å²) in [7, 11) is 0. The third-order valence-electron chi connectivity index (χ3n) is 2.61. The van der Waals surface area contributed by atoms with Crippen LogP contribution in [0, 0.1) is 0 Å². The molecule has 0 bridgehead atoms. The molecule has 0 atom stereocenters. The van der Waals surface area contributed by atoms with E-state index in [1.165, 1.54) is 0 Å². The largest absolute Gasteiger partial charge is 0.356 e. The third kappa shape index (κ3) is 2.32. The average Bonchev–Trinajstić information content (AvgIpc) is 2.82. The molecule has 0 saturated carbocycles. The molecule has 0 aliphatic carbocycles. The lowest BCUT2D eigenvalue weighted by Crippen LogP contribution is -2.25. The highest BCUT2D eigenvalue weighted by atomic mass is 32.1. The smallest absolute Gasteiger partial charge is 0.240 e. The molecule has 17 heavy (non-hydrogen) atoms. The number of nitrogens with one attached hydrogen (secondary N) is 1. The molecule has 0 spiro atoms. The van der Waals surface area contributed by atoms with Gasteiger partial charge in [0.05, 0.1) is 5.39 Å². The summed E-state index contributed by atoms with van der Waals surface area (Å²) < 4.78 is 0. The zero-order valence-corrected chi connectivity index (χ0v) is 10.9. The minimum Gasteiger partial charge on any atom is -0.356 e. The zero-order chi connectivity index (χ0) is 12.3. The van der Waals surface area contributed by atoms with Crippen molar-refractivity contribution >= 4 is 33.3 Å². The molecule has 2 rings (SSSR count). The average molecular weight is 251 g/mol. The molecule has 2 aromatic rings. The lowest BCUT2D eigenvalue weighted by Gasteiger charge is -2.22. The topological polar surface area (TPSA) is 67.1 Å². The predicted molar refractivity (Wildman–Crippen MR) is 73.4 cm³/mol. The highest BCUT2D eigenvalue weighted by Crippen LogP contribution is 2.28. The van der Waals surface area contributed by atoms with Crippen molar-refractivity contribution in [1.29, 1.82) is 0 Å². The van der Waals surface area contributed by atoms with E-state index < -0.39 is 0 Å². The summed E-state index contributed by atoms with van der Waals surface area (Å²) in [4.78, 5) is 12.0. The molecular formula is C11H17N5S. The Balaban J connectivity index is 2.52. The molecular weight excluding hydrogens is 234 g/mol. The molecule has 0 unspecified atom stereocenters. The maximum Gasteiger partial charge on any atom is 0.240 e. The van der Waals surface area contributed by atoms with Gasteiger partial charge in [0, 0.05) is 13.1 Å². The van der Waals surface area contributed by atoms with Crippen LogP contribution in [0.3, 0.4) is 0 Å². The highest BCUT2D eigenvalue weighted by Gasteiger charge is 2.13. The predicted octanol–water partition coefficient (Wildman–Crippen LogP) is 2.21. The first-order valence-electron chi connectivity index (χ1n) is 5.77. The van der Waals surface area contributed by atoms with Crippen LogP contribution in [0.25, 0.3) is 10.2 Å². The molecule has 0 aromatic carbocycles. The summed E-state index contributed by atoms with van der Waals surface area (Å²) >= 11 is 1.60. The van der Waals surface area contributed by atoms with E-state index in [1.807, 2.05) is 5.38 Å². The van der Waals surface area contributed by atoms with Gasteiger partial charge in [0.1, 0.15) is 10.6 Å². The van der Waals surface area contributed by atoms with E-state index >= 15 is 0 Å². The van der Waals surface area contributed by atoms with Crippen molar-refractivity contribution in [3.05, 3.63) is 11.4 Å². The van der Waals surface area contributed by atoms with Crippen molar-refractivity contribution in [2.24, 2.45) is 5.84 Å². The van der Waals surface area contributed by atoms with Crippen LogP contribution in [0.1, 0.15) is 20.3 Å². The Labute approximate surface area is 105 Å². The molecule has 0 aliphatic rings. The molecule has 0 radical (unpaired) electrons. The van der Waals surface area contributed by atoms with Crippen molar-refractivity contribution in [2.75, 3.05) is 23.4 Å². The van der Waals surface area contributed by atoms with Gasteiger partial charge in [-0.2, -0.15) is 4.98 Å². The lowest BCUT2D eigenvalue weighted by atomic mass is 10.3. The van der Waals surface area contributed by atoms with Crippen LogP contribution in [0.15, 0.2) is 11.4 Å². The maximum atomic E-state index is 5.41. The number of hydrazine groups is 1. The zero-order valence-electron chi connectivity index (χ0n) is 10.1. The molecule has 0 saturated heterocycles. The van der Waals surface area contributed by atoms with E-state index in [9.17, 15) is 0 Å². The number of anilines is 2.